The van der Waals surface area contributed by atoms with E-state index in [-0.39, 0.29) is 22.0 Å². The van der Waals surface area contributed by atoms with Gasteiger partial charge in [0.25, 0.3) is 0 Å². The molecule has 2 aromatic carbocycles. The normalized spacial score (nSPS) is 10.8. The summed E-state index contributed by atoms with van der Waals surface area (Å²) in [5.41, 5.74) is 0.00375. The topological polar surface area (TPSA) is 88.1 Å². The molecule has 128 valence electrons. The summed E-state index contributed by atoms with van der Waals surface area (Å²) in [6.07, 6.45) is 0. The van der Waals surface area contributed by atoms with E-state index >= 15 is 0 Å². The monoisotopic (exact) mass is 352 g/mol. The van der Waals surface area contributed by atoms with E-state index in [9.17, 15) is 13.2 Å². The maximum absolute atomic E-state index is 12.5. The van der Waals surface area contributed by atoms with E-state index in [1.54, 1.807) is 12.1 Å². The largest absolute Gasteiger partial charge is 0.493 e. The highest BCUT2D eigenvalue weighted by atomic mass is 32.2. The SMILES string of the molecule is COC(=O)c1ccccc1OS(=O)(=O)c1ccc(OC)c(OC)c1. The smallest absolute Gasteiger partial charge is 0.341 e. The van der Waals surface area contributed by atoms with E-state index < -0.39 is 16.1 Å². The van der Waals surface area contributed by atoms with Crippen molar-refractivity contribution in [2.45, 2.75) is 4.90 Å². The van der Waals surface area contributed by atoms with Gasteiger partial charge in [0.05, 0.1) is 21.3 Å². The highest BCUT2D eigenvalue weighted by Crippen LogP contribution is 2.31. The predicted molar refractivity (Wildman–Crippen MR) is 85.1 cm³/mol. The number of methoxy groups -OCH3 is 3. The van der Waals surface area contributed by atoms with Crippen molar-refractivity contribution in [2.75, 3.05) is 21.3 Å². The lowest BCUT2D eigenvalue weighted by Gasteiger charge is -2.12. The van der Waals surface area contributed by atoms with Crippen LogP contribution in [0.3, 0.4) is 0 Å². The molecule has 0 fully saturated rings. The molecule has 0 aliphatic carbocycles. The summed E-state index contributed by atoms with van der Waals surface area (Å²) < 4.78 is 44.8. The summed E-state index contributed by atoms with van der Waals surface area (Å²) in [7, 11) is -0.152. The summed E-state index contributed by atoms with van der Waals surface area (Å²) in [6.45, 7) is 0. The van der Waals surface area contributed by atoms with Crippen LogP contribution in [0.25, 0.3) is 0 Å². The van der Waals surface area contributed by atoms with Gasteiger partial charge >= 0.3 is 16.1 Å². The number of carbonyl (C=O) groups is 1. The molecule has 0 saturated heterocycles. The van der Waals surface area contributed by atoms with E-state index in [2.05, 4.69) is 4.74 Å². The number of rotatable bonds is 6. The summed E-state index contributed by atoms with van der Waals surface area (Å²) in [4.78, 5) is 11.6. The Morgan fingerprint density at radius 3 is 2.17 bits per heavy atom. The summed E-state index contributed by atoms with van der Waals surface area (Å²) in [5, 5.41) is 0. The Balaban J connectivity index is 2.41. The number of para-hydroxylation sites is 1. The number of carbonyl (C=O) groups excluding carboxylic acids is 1. The minimum Gasteiger partial charge on any atom is -0.493 e. The summed E-state index contributed by atoms with van der Waals surface area (Å²) in [5.74, 6) is -0.206. The molecule has 0 radical (unpaired) electrons. The van der Waals surface area contributed by atoms with Gasteiger partial charge in [-0.1, -0.05) is 12.1 Å². The zero-order valence-electron chi connectivity index (χ0n) is 13.3. The lowest BCUT2D eigenvalue weighted by Crippen LogP contribution is -2.13. The highest BCUT2D eigenvalue weighted by molar-refractivity contribution is 7.87. The Kier molecular flexibility index (Phi) is 5.30. The van der Waals surface area contributed by atoms with Crippen molar-refractivity contribution in [3.63, 3.8) is 0 Å². The van der Waals surface area contributed by atoms with Crippen LogP contribution in [0.15, 0.2) is 47.4 Å². The van der Waals surface area contributed by atoms with E-state index in [4.69, 9.17) is 13.7 Å². The predicted octanol–water partition coefficient (Wildman–Crippen LogP) is 2.26. The van der Waals surface area contributed by atoms with Crippen molar-refractivity contribution >= 4 is 16.1 Å². The lowest BCUT2D eigenvalue weighted by atomic mass is 10.2. The van der Waals surface area contributed by atoms with Crippen LogP contribution >= 0.6 is 0 Å². The molecule has 0 bridgehead atoms. The number of hydrogen-bond donors (Lipinski definition) is 0. The first-order chi connectivity index (χ1) is 11.4. The lowest BCUT2D eigenvalue weighted by molar-refractivity contribution is 0.0599. The molecule has 24 heavy (non-hydrogen) atoms. The van der Waals surface area contributed by atoms with Crippen molar-refractivity contribution in [1.29, 1.82) is 0 Å². The average molecular weight is 352 g/mol. The van der Waals surface area contributed by atoms with Gasteiger partial charge in [-0.15, -0.1) is 0 Å². The van der Waals surface area contributed by atoms with Crippen LogP contribution < -0.4 is 13.7 Å². The minimum absolute atomic E-state index is 0.00375. The van der Waals surface area contributed by atoms with E-state index in [0.717, 1.165) is 0 Å². The van der Waals surface area contributed by atoms with Gasteiger partial charge in [0, 0.05) is 6.07 Å². The highest BCUT2D eigenvalue weighted by Gasteiger charge is 2.22. The van der Waals surface area contributed by atoms with Gasteiger partial charge < -0.3 is 18.4 Å². The number of esters is 1. The van der Waals surface area contributed by atoms with Gasteiger partial charge in [-0.25, -0.2) is 4.79 Å². The number of benzene rings is 2. The van der Waals surface area contributed by atoms with E-state index in [1.165, 1.54) is 51.7 Å². The van der Waals surface area contributed by atoms with Gasteiger partial charge in [0.1, 0.15) is 10.5 Å². The second-order valence-electron chi connectivity index (χ2n) is 4.54. The molecule has 0 heterocycles. The van der Waals surface area contributed by atoms with Gasteiger partial charge in [0.15, 0.2) is 17.2 Å². The van der Waals surface area contributed by atoms with Crippen LogP contribution in [0.2, 0.25) is 0 Å². The van der Waals surface area contributed by atoms with Crippen LogP contribution in [0.1, 0.15) is 10.4 Å². The van der Waals surface area contributed by atoms with Crippen LogP contribution in [0, 0.1) is 0 Å². The molecule has 7 nitrogen and oxygen atoms in total. The Hall–Kier alpha value is -2.74. The maximum Gasteiger partial charge on any atom is 0.341 e. The molecule has 0 saturated carbocycles. The van der Waals surface area contributed by atoms with Gasteiger partial charge in [-0.3, -0.25) is 0 Å². The van der Waals surface area contributed by atoms with Crippen LogP contribution in [-0.4, -0.2) is 35.7 Å². The minimum atomic E-state index is -4.18. The van der Waals surface area contributed by atoms with Gasteiger partial charge in [-0.2, -0.15) is 8.42 Å². The molecule has 0 aliphatic rings. The Labute approximate surface area is 139 Å². The first kappa shape index (κ1) is 17.6. The van der Waals surface area contributed by atoms with Crippen LogP contribution in [0.4, 0.5) is 0 Å². The van der Waals surface area contributed by atoms with E-state index in [1.807, 2.05) is 0 Å². The van der Waals surface area contributed by atoms with Crippen LogP contribution in [-0.2, 0) is 14.9 Å². The van der Waals surface area contributed by atoms with Crippen LogP contribution in [0.5, 0.6) is 17.2 Å². The Bertz CT molecular complexity index is 843. The van der Waals surface area contributed by atoms with E-state index in [0.29, 0.717) is 5.75 Å². The third-order valence-electron chi connectivity index (χ3n) is 3.14. The standard InChI is InChI=1S/C16H16O7S/c1-20-14-9-8-11(10-15(14)21-2)24(18,19)23-13-7-5-4-6-12(13)16(17)22-3/h4-10H,1-3H3. The fourth-order valence-electron chi connectivity index (χ4n) is 1.96. The molecule has 0 aliphatic heterocycles. The van der Waals surface area contributed by atoms with Gasteiger partial charge in [-0.05, 0) is 24.3 Å². The van der Waals surface area contributed by atoms with Crippen molar-refractivity contribution < 1.29 is 31.6 Å². The molecule has 0 N–H and O–H groups in total. The maximum atomic E-state index is 12.5. The molecular formula is C16H16O7S. The fourth-order valence-corrected chi connectivity index (χ4v) is 2.92. The molecule has 2 aromatic rings. The molecule has 2 rings (SSSR count). The van der Waals surface area contributed by atoms with Crippen molar-refractivity contribution in [2.24, 2.45) is 0 Å². The summed E-state index contributed by atoms with van der Waals surface area (Å²) in [6, 6.07) is 9.93. The fraction of sp³-hybridized carbons (Fsp3) is 0.188. The third kappa shape index (κ3) is 3.60. The molecule has 0 atom stereocenters. The average Bonchev–Trinajstić information content (AvgIpc) is 2.60. The zero-order valence-corrected chi connectivity index (χ0v) is 14.1. The van der Waals surface area contributed by atoms with Crippen molar-refractivity contribution in [1.82, 2.24) is 0 Å². The molecular weight excluding hydrogens is 336 g/mol. The quantitative estimate of drug-likeness (QED) is 0.582. The Morgan fingerprint density at radius 1 is 0.875 bits per heavy atom. The second-order valence-corrected chi connectivity index (χ2v) is 6.09. The molecule has 0 unspecified atom stereocenters. The number of hydrogen-bond acceptors (Lipinski definition) is 7. The number of ether oxygens (including phenoxy) is 3. The third-order valence-corrected chi connectivity index (χ3v) is 4.37. The molecule has 0 spiro atoms. The molecule has 0 aromatic heterocycles. The first-order valence-corrected chi connectivity index (χ1v) is 8.17. The van der Waals surface area contributed by atoms with Crippen molar-refractivity contribution in [3.05, 3.63) is 48.0 Å². The molecule has 8 heteroatoms. The van der Waals surface area contributed by atoms with Crippen molar-refractivity contribution in [3.8, 4) is 17.2 Å². The van der Waals surface area contributed by atoms with Gasteiger partial charge in [0.2, 0.25) is 0 Å². The summed E-state index contributed by atoms with van der Waals surface area (Å²) >= 11 is 0. The second kappa shape index (κ2) is 7.22. The molecule has 0 amide bonds. The zero-order chi connectivity index (χ0) is 17.7. The first-order valence-electron chi connectivity index (χ1n) is 6.76. The Morgan fingerprint density at radius 2 is 1.54 bits per heavy atom.